The Morgan fingerprint density at radius 1 is 1.36 bits per heavy atom. The molecule has 1 aromatic carbocycles. The number of aryl methyl sites for hydroxylation is 1. The maximum absolute atomic E-state index is 6.05. The molecule has 1 aliphatic rings. The molecule has 22 heavy (non-hydrogen) atoms. The van der Waals surface area contributed by atoms with E-state index in [1.807, 2.05) is 13.0 Å². The maximum atomic E-state index is 6.05. The predicted molar refractivity (Wildman–Crippen MR) is 87.4 cm³/mol. The number of ether oxygens (including phenoxy) is 2. The van der Waals surface area contributed by atoms with Crippen molar-refractivity contribution >= 4 is 11.3 Å². The molecule has 0 radical (unpaired) electrons. The number of aromatic nitrogens is 1. The molecular weight excluding hydrogens is 298 g/mol. The minimum Gasteiger partial charge on any atom is -0.497 e. The van der Waals surface area contributed by atoms with E-state index >= 15 is 0 Å². The van der Waals surface area contributed by atoms with Crippen LogP contribution in [0.4, 0.5) is 0 Å². The molecule has 1 aliphatic heterocycles. The fraction of sp³-hybridized carbons (Fsp3) is 0.438. The van der Waals surface area contributed by atoms with Crippen molar-refractivity contribution in [2.75, 3.05) is 20.8 Å². The highest BCUT2D eigenvalue weighted by molar-refractivity contribution is 7.09. The van der Waals surface area contributed by atoms with Gasteiger partial charge >= 0.3 is 0 Å². The van der Waals surface area contributed by atoms with E-state index in [2.05, 4.69) is 21.3 Å². The highest BCUT2D eigenvalue weighted by atomic mass is 32.1. The third-order valence-corrected chi connectivity index (χ3v) is 4.98. The number of hydrogen-bond acceptors (Lipinski definition) is 6. The van der Waals surface area contributed by atoms with Crippen LogP contribution in [0.25, 0.3) is 0 Å². The molecule has 2 aromatic rings. The first-order valence-corrected chi connectivity index (χ1v) is 8.14. The van der Waals surface area contributed by atoms with Crippen LogP contribution in [0.3, 0.4) is 0 Å². The van der Waals surface area contributed by atoms with Gasteiger partial charge in [0.25, 0.3) is 0 Å². The van der Waals surface area contributed by atoms with Gasteiger partial charge in [-0.25, -0.2) is 4.98 Å². The molecule has 0 spiro atoms. The lowest BCUT2D eigenvalue weighted by atomic mass is 10.0. The summed E-state index contributed by atoms with van der Waals surface area (Å²) in [4.78, 5) is 6.91. The van der Waals surface area contributed by atoms with Gasteiger partial charge in [0.05, 0.1) is 26.8 Å². The zero-order valence-electron chi connectivity index (χ0n) is 13.1. The van der Waals surface area contributed by atoms with Crippen molar-refractivity contribution < 1.29 is 9.47 Å². The first-order chi connectivity index (χ1) is 10.7. The number of nitrogens with two attached hydrogens (primary N) is 1. The topological polar surface area (TPSA) is 60.6 Å². The third-order valence-electron chi connectivity index (χ3n) is 4.03. The van der Waals surface area contributed by atoms with Crippen LogP contribution in [0.15, 0.2) is 17.5 Å². The molecule has 0 amide bonds. The highest BCUT2D eigenvalue weighted by Crippen LogP contribution is 2.42. The molecule has 0 saturated heterocycles. The molecule has 5 nitrogen and oxygen atoms in total. The van der Waals surface area contributed by atoms with Crippen LogP contribution in [0, 0.1) is 6.92 Å². The summed E-state index contributed by atoms with van der Waals surface area (Å²) in [6, 6.07) is 4.16. The molecule has 1 atom stereocenters. The normalized spacial score (nSPS) is 17.5. The van der Waals surface area contributed by atoms with Gasteiger partial charge < -0.3 is 15.2 Å². The van der Waals surface area contributed by atoms with Crippen molar-refractivity contribution in [1.29, 1.82) is 0 Å². The Bertz CT molecular complexity index is 671. The van der Waals surface area contributed by atoms with Crippen LogP contribution < -0.4 is 15.2 Å². The average Bonchev–Trinajstić information content (AvgIpc) is 3.09. The summed E-state index contributed by atoms with van der Waals surface area (Å²) in [5.41, 5.74) is 9.52. The highest BCUT2D eigenvalue weighted by Gasteiger charge is 2.33. The fourth-order valence-corrected chi connectivity index (χ4v) is 3.84. The first kappa shape index (κ1) is 15.3. The zero-order valence-corrected chi connectivity index (χ0v) is 13.9. The molecule has 0 fully saturated rings. The summed E-state index contributed by atoms with van der Waals surface area (Å²) in [6.45, 7) is 4.22. The van der Waals surface area contributed by atoms with Crippen molar-refractivity contribution in [1.82, 2.24) is 9.88 Å². The van der Waals surface area contributed by atoms with Crippen molar-refractivity contribution in [3.8, 4) is 11.5 Å². The molecule has 1 aromatic heterocycles. The Morgan fingerprint density at radius 2 is 2.18 bits per heavy atom. The van der Waals surface area contributed by atoms with Crippen molar-refractivity contribution in [3.63, 3.8) is 0 Å². The molecule has 2 heterocycles. The fourth-order valence-electron chi connectivity index (χ4n) is 3.05. The number of benzene rings is 1. The number of rotatable bonds is 5. The van der Waals surface area contributed by atoms with Crippen molar-refractivity contribution in [2.45, 2.75) is 26.1 Å². The molecule has 0 bridgehead atoms. The van der Waals surface area contributed by atoms with Gasteiger partial charge in [-0.15, -0.1) is 11.3 Å². The van der Waals surface area contributed by atoms with E-state index in [1.165, 1.54) is 11.1 Å². The maximum Gasteiger partial charge on any atom is 0.127 e. The van der Waals surface area contributed by atoms with E-state index in [-0.39, 0.29) is 6.04 Å². The largest absolute Gasteiger partial charge is 0.497 e. The molecule has 118 valence electrons. The van der Waals surface area contributed by atoms with Crippen molar-refractivity contribution in [3.05, 3.63) is 39.3 Å². The zero-order chi connectivity index (χ0) is 15.7. The van der Waals surface area contributed by atoms with Crippen LogP contribution in [0.1, 0.15) is 27.9 Å². The molecule has 1 unspecified atom stereocenters. The van der Waals surface area contributed by atoms with Crippen LogP contribution in [-0.4, -0.2) is 30.6 Å². The summed E-state index contributed by atoms with van der Waals surface area (Å²) in [5.74, 6) is 1.67. The summed E-state index contributed by atoms with van der Waals surface area (Å²) < 4.78 is 10.9. The smallest absolute Gasteiger partial charge is 0.127 e. The first-order valence-electron chi connectivity index (χ1n) is 7.26. The van der Waals surface area contributed by atoms with E-state index in [9.17, 15) is 0 Å². The lowest BCUT2D eigenvalue weighted by molar-refractivity contribution is 0.208. The standard InChI is InChI=1S/C16H21N3O2S/c1-10-9-22-15(18-10)8-19-7-11-4-12(20-2)5-14(21-3)16(11)13(19)6-17/h4-5,9,13H,6-8,17H2,1-3H3. The Kier molecular flexibility index (Phi) is 4.33. The van der Waals surface area contributed by atoms with Crippen LogP contribution in [0.2, 0.25) is 0 Å². The summed E-state index contributed by atoms with van der Waals surface area (Å²) in [5, 5.41) is 3.20. The van der Waals surface area contributed by atoms with Gasteiger partial charge in [-0.3, -0.25) is 4.90 Å². The number of thiazole rings is 1. The van der Waals surface area contributed by atoms with Gasteiger partial charge in [0, 0.05) is 35.8 Å². The molecular formula is C16H21N3O2S. The van der Waals surface area contributed by atoms with Gasteiger partial charge in [0.2, 0.25) is 0 Å². The minimum atomic E-state index is 0.153. The second-order valence-electron chi connectivity index (χ2n) is 5.44. The number of nitrogens with zero attached hydrogens (tertiary/aromatic N) is 2. The Hall–Kier alpha value is -1.63. The van der Waals surface area contributed by atoms with Crippen LogP contribution >= 0.6 is 11.3 Å². The summed E-state index contributed by atoms with van der Waals surface area (Å²) in [7, 11) is 3.36. The summed E-state index contributed by atoms with van der Waals surface area (Å²) >= 11 is 1.70. The van der Waals surface area contributed by atoms with Gasteiger partial charge in [0.15, 0.2) is 0 Å². The SMILES string of the molecule is COc1cc2c(c(OC)c1)C(CN)N(Cc1nc(C)cs1)C2. The number of methoxy groups -OCH3 is 2. The molecule has 0 aliphatic carbocycles. The third kappa shape index (κ3) is 2.69. The Labute approximate surface area is 134 Å². The van der Waals surface area contributed by atoms with E-state index in [4.69, 9.17) is 15.2 Å². The van der Waals surface area contributed by atoms with E-state index in [0.717, 1.165) is 35.3 Å². The van der Waals surface area contributed by atoms with E-state index in [1.54, 1.807) is 25.6 Å². The van der Waals surface area contributed by atoms with Crippen molar-refractivity contribution in [2.24, 2.45) is 5.73 Å². The average molecular weight is 319 g/mol. The molecule has 3 rings (SSSR count). The Balaban J connectivity index is 1.92. The van der Waals surface area contributed by atoms with Crippen LogP contribution in [-0.2, 0) is 13.1 Å². The minimum absolute atomic E-state index is 0.153. The molecule has 2 N–H and O–H groups in total. The predicted octanol–water partition coefficient (Wildman–Crippen LogP) is 2.48. The Morgan fingerprint density at radius 3 is 2.77 bits per heavy atom. The van der Waals surface area contributed by atoms with Gasteiger partial charge in [0.1, 0.15) is 16.5 Å². The van der Waals surface area contributed by atoms with E-state index < -0.39 is 0 Å². The van der Waals surface area contributed by atoms with Gasteiger partial charge in [-0.05, 0) is 18.6 Å². The molecule has 6 heteroatoms. The lowest BCUT2D eigenvalue weighted by Crippen LogP contribution is -2.27. The second-order valence-corrected chi connectivity index (χ2v) is 6.38. The monoisotopic (exact) mass is 319 g/mol. The quantitative estimate of drug-likeness (QED) is 0.917. The van der Waals surface area contributed by atoms with Gasteiger partial charge in [-0.2, -0.15) is 0 Å². The van der Waals surface area contributed by atoms with Crippen LogP contribution in [0.5, 0.6) is 11.5 Å². The van der Waals surface area contributed by atoms with E-state index in [0.29, 0.717) is 6.54 Å². The number of fused-ring (bicyclic) bond motifs is 1. The lowest BCUT2D eigenvalue weighted by Gasteiger charge is -2.23. The number of hydrogen-bond donors (Lipinski definition) is 1. The van der Waals surface area contributed by atoms with Gasteiger partial charge in [-0.1, -0.05) is 0 Å². The summed E-state index contributed by atoms with van der Waals surface area (Å²) in [6.07, 6.45) is 0. The second kappa shape index (κ2) is 6.24. The molecule has 0 saturated carbocycles.